The third-order valence-electron chi connectivity index (χ3n) is 2.29. The van der Waals surface area contributed by atoms with Crippen LogP contribution in [0.4, 0.5) is 4.39 Å². The Morgan fingerprint density at radius 3 is 2.73 bits per heavy atom. The lowest BCUT2D eigenvalue weighted by molar-refractivity contribution is 0.364. The van der Waals surface area contributed by atoms with Crippen LogP contribution in [-0.2, 0) is 0 Å². The SMILES string of the molecule is CCC[C@H](N)c1cc(F)cc(OC)c1O. The Hall–Kier alpha value is -1.29. The highest BCUT2D eigenvalue weighted by Crippen LogP contribution is 2.35. The molecule has 1 aromatic rings. The standard InChI is InChI=1S/C11H16FNO2/c1-3-4-9(13)8-5-7(12)6-10(15-2)11(8)14/h5-6,9,14H,3-4,13H2,1-2H3/t9-/m0/s1. The molecule has 0 aromatic heterocycles. The first kappa shape index (κ1) is 11.8. The number of halogens is 1. The minimum Gasteiger partial charge on any atom is -0.504 e. The summed E-state index contributed by atoms with van der Waals surface area (Å²) >= 11 is 0. The first-order chi connectivity index (χ1) is 7.10. The van der Waals surface area contributed by atoms with Gasteiger partial charge in [-0.1, -0.05) is 13.3 Å². The Morgan fingerprint density at radius 1 is 1.53 bits per heavy atom. The second-order valence-electron chi connectivity index (χ2n) is 3.44. The third kappa shape index (κ3) is 2.59. The molecule has 1 rings (SSSR count). The molecule has 0 saturated heterocycles. The van der Waals surface area contributed by atoms with E-state index in [1.807, 2.05) is 6.92 Å². The number of rotatable bonds is 4. The first-order valence-corrected chi connectivity index (χ1v) is 4.92. The highest BCUT2D eigenvalue weighted by molar-refractivity contribution is 5.47. The number of hydrogen-bond acceptors (Lipinski definition) is 3. The van der Waals surface area contributed by atoms with Gasteiger partial charge < -0.3 is 15.6 Å². The van der Waals surface area contributed by atoms with E-state index >= 15 is 0 Å². The predicted molar refractivity (Wildman–Crippen MR) is 56.5 cm³/mol. The Kier molecular flexibility index (Phi) is 3.91. The molecular formula is C11H16FNO2. The van der Waals surface area contributed by atoms with Crippen LogP contribution in [-0.4, -0.2) is 12.2 Å². The van der Waals surface area contributed by atoms with E-state index in [0.717, 1.165) is 12.5 Å². The van der Waals surface area contributed by atoms with Crippen LogP contribution in [0.15, 0.2) is 12.1 Å². The van der Waals surface area contributed by atoms with E-state index in [1.54, 1.807) is 0 Å². The van der Waals surface area contributed by atoms with Gasteiger partial charge in [0.1, 0.15) is 5.82 Å². The normalized spacial score (nSPS) is 12.5. The summed E-state index contributed by atoms with van der Waals surface area (Å²) in [6, 6.07) is 2.02. The van der Waals surface area contributed by atoms with E-state index < -0.39 is 5.82 Å². The van der Waals surface area contributed by atoms with Gasteiger partial charge in [-0.15, -0.1) is 0 Å². The zero-order chi connectivity index (χ0) is 11.4. The average Bonchev–Trinajstić information content (AvgIpc) is 2.21. The topological polar surface area (TPSA) is 55.5 Å². The van der Waals surface area contributed by atoms with Crippen molar-refractivity contribution in [3.8, 4) is 11.5 Å². The molecule has 0 spiro atoms. The van der Waals surface area contributed by atoms with Crippen molar-refractivity contribution in [2.24, 2.45) is 5.73 Å². The summed E-state index contributed by atoms with van der Waals surface area (Å²) in [6.07, 6.45) is 1.57. The average molecular weight is 213 g/mol. The summed E-state index contributed by atoms with van der Waals surface area (Å²) in [6.45, 7) is 1.98. The third-order valence-corrected chi connectivity index (χ3v) is 2.29. The summed E-state index contributed by atoms with van der Waals surface area (Å²) in [5.41, 5.74) is 6.21. The van der Waals surface area contributed by atoms with Crippen molar-refractivity contribution in [3.05, 3.63) is 23.5 Å². The van der Waals surface area contributed by atoms with Gasteiger partial charge in [0.05, 0.1) is 7.11 Å². The molecule has 0 aliphatic rings. The maximum absolute atomic E-state index is 13.1. The lowest BCUT2D eigenvalue weighted by Gasteiger charge is -2.14. The van der Waals surface area contributed by atoms with Crippen LogP contribution in [0.2, 0.25) is 0 Å². The van der Waals surface area contributed by atoms with E-state index in [9.17, 15) is 9.50 Å². The fourth-order valence-electron chi connectivity index (χ4n) is 1.50. The molecule has 0 aliphatic heterocycles. The fraction of sp³-hybridized carbons (Fsp3) is 0.455. The van der Waals surface area contributed by atoms with E-state index in [1.165, 1.54) is 13.2 Å². The highest BCUT2D eigenvalue weighted by Gasteiger charge is 2.15. The molecule has 0 aliphatic carbocycles. The van der Waals surface area contributed by atoms with Crippen LogP contribution in [0, 0.1) is 5.82 Å². The number of phenols is 1. The monoisotopic (exact) mass is 213 g/mol. The van der Waals surface area contributed by atoms with Crippen molar-refractivity contribution in [1.29, 1.82) is 0 Å². The van der Waals surface area contributed by atoms with Crippen molar-refractivity contribution in [1.82, 2.24) is 0 Å². The highest BCUT2D eigenvalue weighted by atomic mass is 19.1. The summed E-state index contributed by atoms with van der Waals surface area (Å²) in [5, 5.41) is 9.74. The largest absolute Gasteiger partial charge is 0.504 e. The molecule has 0 saturated carbocycles. The molecule has 0 radical (unpaired) electrons. The van der Waals surface area contributed by atoms with Crippen LogP contribution in [0.25, 0.3) is 0 Å². The maximum atomic E-state index is 13.1. The molecular weight excluding hydrogens is 197 g/mol. The number of benzene rings is 1. The molecule has 15 heavy (non-hydrogen) atoms. The summed E-state index contributed by atoms with van der Waals surface area (Å²) in [4.78, 5) is 0. The Bertz CT molecular complexity index is 342. The van der Waals surface area contributed by atoms with E-state index in [-0.39, 0.29) is 17.5 Å². The van der Waals surface area contributed by atoms with E-state index in [4.69, 9.17) is 10.5 Å². The van der Waals surface area contributed by atoms with Crippen molar-refractivity contribution in [2.45, 2.75) is 25.8 Å². The van der Waals surface area contributed by atoms with E-state index in [2.05, 4.69) is 0 Å². The lowest BCUT2D eigenvalue weighted by Crippen LogP contribution is -2.10. The van der Waals surface area contributed by atoms with Gasteiger partial charge in [-0.2, -0.15) is 0 Å². The van der Waals surface area contributed by atoms with Crippen molar-refractivity contribution in [3.63, 3.8) is 0 Å². The van der Waals surface area contributed by atoms with Gasteiger partial charge in [-0.05, 0) is 12.5 Å². The van der Waals surface area contributed by atoms with Crippen molar-refractivity contribution in [2.75, 3.05) is 7.11 Å². The lowest BCUT2D eigenvalue weighted by atomic mass is 10.0. The maximum Gasteiger partial charge on any atom is 0.163 e. The summed E-state index contributed by atoms with van der Waals surface area (Å²) < 4.78 is 18.0. The molecule has 0 heterocycles. The van der Waals surface area contributed by atoms with Crippen LogP contribution in [0.3, 0.4) is 0 Å². The van der Waals surface area contributed by atoms with Crippen molar-refractivity contribution < 1.29 is 14.2 Å². The minimum absolute atomic E-state index is 0.0696. The molecule has 84 valence electrons. The number of ether oxygens (including phenoxy) is 1. The van der Waals surface area contributed by atoms with Crippen LogP contribution in [0.5, 0.6) is 11.5 Å². The van der Waals surface area contributed by atoms with Crippen molar-refractivity contribution >= 4 is 0 Å². The second-order valence-corrected chi connectivity index (χ2v) is 3.44. The predicted octanol–water partition coefficient (Wildman–Crippen LogP) is 2.34. The Morgan fingerprint density at radius 2 is 2.20 bits per heavy atom. The van der Waals surface area contributed by atoms with Gasteiger partial charge >= 0.3 is 0 Å². The first-order valence-electron chi connectivity index (χ1n) is 4.92. The van der Waals surface area contributed by atoms with E-state index in [0.29, 0.717) is 12.0 Å². The summed E-state index contributed by atoms with van der Waals surface area (Å²) in [7, 11) is 1.38. The zero-order valence-corrected chi connectivity index (χ0v) is 8.96. The quantitative estimate of drug-likeness (QED) is 0.807. The van der Waals surface area contributed by atoms with Gasteiger partial charge in [0.25, 0.3) is 0 Å². The number of hydrogen-bond donors (Lipinski definition) is 2. The Labute approximate surface area is 88.7 Å². The molecule has 1 aromatic carbocycles. The molecule has 0 bridgehead atoms. The number of phenolic OH excluding ortho intramolecular Hbond substituents is 1. The van der Waals surface area contributed by atoms with Crippen LogP contribution >= 0.6 is 0 Å². The number of nitrogens with two attached hydrogens (primary N) is 1. The molecule has 0 unspecified atom stereocenters. The summed E-state index contributed by atoms with van der Waals surface area (Å²) in [5.74, 6) is -0.400. The Balaban J connectivity index is 3.11. The van der Waals surface area contributed by atoms with Gasteiger partial charge in [0.2, 0.25) is 0 Å². The van der Waals surface area contributed by atoms with Gasteiger partial charge in [0, 0.05) is 17.7 Å². The molecule has 0 fully saturated rings. The molecule has 3 nitrogen and oxygen atoms in total. The molecule has 1 atom stereocenters. The fourth-order valence-corrected chi connectivity index (χ4v) is 1.50. The smallest absolute Gasteiger partial charge is 0.163 e. The minimum atomic E-state index is -0.453. The number of methoxy groups -OCH3 is 1. The van der Waals surface area contributed by atoms with Crippen LogP contribution < -0.4 is 10.5 Å². The zero-order valence-electron chi connectivity index (χ0n) is 8.96. The molecule has 0 amide bonds. The van der Waals surface area contributed by atoms with Gasteiger partial charge in [-0.3, -0.25) is 0 Å². The van der Waals surface area contributed by atoms with Gasteiger partial charge in [0.15, 0.2) is 11.5 Å². The second kappa shape index (κ2) is 4.98. The van der Waals surface area contributed by atoms with Gasteiger partial charge in [-0.25, -0.2) is 4.39 Å². The molecule has 4 heteroatoms. The molecule has 3 N–H and O–H groups in total. The van der Waals surface area contributed by atoms with Crippen LogP contribution in [0.1, 0.15) is 31.4 Å². The number of aromatic hydroxyl groups is 1.